The van der Waals surface area contributed by atoms with Gasteiger partial charge in [-0.2, -0.15) is 14.9 Å². The summed E-state index contributed by atoms with van der Waals surface area (Å²) < 4.78 is 15.3. The second-order valence-electron chi connectivity index (χ2n) is 5.75. The summed E-state index contributed by atoms with van der Waals surface area (Å²) >= 11 is 1.28. The Morgan fingerprint density at radius 2 is 2.00 bits per heavy atom. The smallest absolute Gasteiger partial charge is 0.214 e. The molecule has 0 N–H and O–H groups in total. The minimum Gasteiger partial charge on any atom is -0.221 e. The maximum absolute atomic E-state index is 13.8. The number of halogens is 1. The van der Waals surface area contributed by atoms with Gasteiger partial charge in [-0.3, -0.25) is 0 Å². The van der Waals surface area contributed by atoms with Crippen molar-refractivity contribution in [3.8, 4) is 16.6 Å². The Bertz CT molecular complexity index is 864. The molecule has 21 heavy (non-hydrogen) atoms. The standard InChI is InChI=1S/C15H13FN4S/c1-15(2,3)12-11(8-17)20-14(18-12)21-13(19-20)9-6-4-5-7-10(9)16/h4-7H,1-3H3. The fraction of sp³-hybridized carbons (Fsp3) is 0.267. The van der Waals surface area contributed by atoms with Gasteiger partial charge in [0.1, 0.15) is 11.9 Å². The Kier molecular flexibility index (Phi) is 3.03. The van der Waals surface area contributed by atoms with Gasteiger partial charge >= 0.3 is 0 Å². The molecule has 3 aromatic rings. The molecule has 0 aliphatic rings. The van der Waals surface area contributed by atoms with Crippen LogP contribution in [0.5, 0.6) is 0 Å². The molecule has 0 aliphatic heterocycles. The number of imidazole rings is 1. The number of nitriles is 1. The lowest BCUT2D eigenvalue weighted by molar-refractivity contribution is 0.570. The maximum atomic E-state index is 13.8. The van der Waals surface area contributed by atoms with Crippen LogP contribution in [0.15, 0.2) is 24.3 Å². The van der Waals surface area contributed by atoms with Gasteiger partial charge in [0.25, 0.3) is 0 Å². The Morgan fingerprint density at radius 3 is 2.62 bits per heavy atom. The first kappa shape index (κ1) is 13.7. The quantitative estimate of drug-likeness (QED) is 0.687. The average molecular weight is 300 g/mol. The van der Waals surface area contributed by atoms with Crippen LogP contribution in [0.1, 0.15) is 32.2 Å². The molecule has 2 aromatic heterocycles. The lowest BCUT2D eigenvalue weighted by Crippen LogP contribution is -2.14. The van der Waals surface area contributed by atoms with Gasteiger partial charge in [-0.15, -0.1) is 0 Å². The Hall–Kier alpha value is -2.26. The molecular formula is C15H13FN4S. The highest BCUT2D eigenvalue weighted by Crippen LogP contribution is 2.32. The average Bonchev–Trinajstić information content (AvgIpc) is 2.95. The van der Waals surface area contributed by atoms with E-state index in [1.54, 1.807) is 18.2 Å². The van der Waals surface area contributed by atoms with Crippen molar-refractivity contribution in [2.24, 2.45) is 0 Å². The summed E-state index contributed by atoms with van der Waals surface area (Å²) in [5, 5.41) is 14.3. The zero-order valence-corrected chi connectivity index (χ0v) is 12.7. The highest BCUT2D eigenvalue weighted by molar-refractivity contribution is 7.19. The van der Waals surface area contributed by atoms with Gasteiger partial charge in [-0.05, 0) is 12.1 Å². The predicted octanol–water partition coefficient (Wildman–Crippen LogP) is 3.77. The summed E-state index contributed by atoms with van der Waals surface area (Å²) in [5.74, 6) is -0.330. The SMILES string of the molecule is CC(C)(C)c1nc2sc(-c3ccccc3F)nn2c1C#N. The molecule has 106 valence electrons. The van der Waals surface area contributed by atoms with E-state index in [0.29, 0.717) is 26.9 Å². The Morgan fingerprint density at radius 1 is 1.29 bits per heavy atom. The van der Waals surface area contributed by atoms with Crippen LogP contribution in [-0.4, -0.2) is 14.6 Å². The number of nitrogens with zero attached hydrogens (tertiary/aromatic N) is 4. The monoisotopic (exact) mass is 300 g/mol. The van der Waals surface area contributed by atoms with E-state index in [9.17, 15) is 9.65 Å². The third-order valence-corrected chi connectivity index (χ3v) is 4.07. The summed E-state index contributed by atoms with van der Waals surface area (Å²) in [6.45, 7) is 5.99. The summed E-state index contributed by atoms with van der Waals surface area (Å²) in [5.41, 5.74) is 1.31. The van der Waals surface area contributed by atoms with Crippen LogP contribution in [0.3, 0.4) is 0 Å². The van der Waals surface area contributed by atoms with Crippen LogP contribution in [0.25, 0.3) is 15.5 Å². The molecule has 0 saturated carbocycles. The molecule has 0 spiro atoms. The lowest BCUT2D eigenvalue weighted by atomic mass is 9.91. The minimum atomic E-state index is -0.330. The predicted molar refractivity (Wildman–Crippen MR) is 79.7 cm³/mol. The van der Waals surface area contributed by atoms with Gasteiger partial charge in [0.15, 0.2) is 10.7 Å². The van der Waals surface area contributed by atoms with E-state index in [2.05, 4.69) is 16.2 Å². The zero-order chi connectivity index (χ0) is 15.2. The first-order valence-corrected chi connectivity index (χ1v) is 7.28. The van der Waals surface area contributed by atoms with E-state index >= 15 is 0 Å². The lowest BCUT2D eigenvalue weighted by Gasteiger charge is -2.14. The molecular weight excluding hydrogens is 287 g/mol. The number of hydrogen-bond donors (Lipinski definition) is 0. The highest BCUT2D eigenvalue weighted by atomic mass is 32.1. The van der Waals surface area contributed by atoms with Gasteiger partial charge in [0.2, 0.25) is 4.96 Å². The fourth-order valence-electron chi connectivity index (χ4n) is 2.12. The van der Waals surface area contributed by atoms with Crippen molar-refractivity contribution in [2.45, 2.75) is 26.2 Å². The number of rotatable bonds is 1. The molecule has 0 bridgehead atoms. The van der Waals surface area contributed by atoms with Crippen LogP contribution < -0.4 is 0 Å². The Labute approximate surface area is 125 Å². The van der Waals surface area contributed by atoms with Crippen molar-refractivity contribution in [1.82, 2.24) is 14.6 Å². The van der Waals surface area contributed by atoms with Gasteiger partial charge < -0.3 is 0 Å². The topological polar surface area (TPSA) is 54.0 Å². The van der Waals surface area contributed by atoms with E-state index in [1.807, 2.05) is 20.8 Å². The fourth-order valence-corrected chi connectivity index (χ4v) is 3.04. The van der Waals surface area contributed by atoms with E-state index in [4.69, 9.17) is 0 Å². The molecule has 1 aromatic carbocycles. The third-order valence-electron chi connectivity index (χ3n) is 3.12. The molecule has 0 atom stereocenters. The van der Waals surface area contributed by atoms with Crippen molar-refractivity contribution in [3.63, 3.8) is 0 Å². The van der Waals surface area contributed by atoms with Gasteiger partial charge in [-0.25, -0.2) is 9.37 Å². The molecule has 4 nitrogen and oxygen atoms in total. The van der Waals surface area contributed by atoms with Crippen molar-refractivity contribution in [1.29, 1.82) is 5.26 Å². The molecule has 2 heterocycles. The van der Waals surface area contributed by atoms with Crippen molar-refractivity contribution < 1.29 is 4.39 Å². The van der Waals surface area contributed by atoms with Crippen LogP contribution in [0.2, 0.25) is 0 Å². The van der Waals surface area contributed by atoms with E-state index < -0.39 is 0 Å². The molecule has 0 fully saturated rings. The Balaban J connectivity index is 2.22. The van der Waals surface area contributed by atoms with Crippen molar-refractivity contribution in [3.05, 3.63) is 41.5 Å². The van der Waals surface area contributed by atoms with Crippen molar-refractivity contribution >= 4 is 16.3 Å². The van der Waals surface area contributed by atoms with Gasteiger partial charge in [0.05, 0.1) is 5.69 Å². The largest absolute Gasteiger partial charge is 0.221 e. The minimum absolute atomic E-state index is 0.239. The molecule has 0 amide bonds. The molecule has 6 heteroatoms. The first-order valence-electron chi connectivity index (χ1n) is 6.47. The van der Waals surface area contributed by atoms with E-state index in [-0.39, 0.29) is 11.2 Å². The second kappa shape index (κ2) is 4.64. The molecule has 0 unspecified atom stereocenters. The maximum Gasteiger partial charge on any atom is 0.214 e. The summed E-state index contributed by atoms with van der Waals surface area (Å²) in [7, 11) is 0. The van der Waals surface area contributed by atoms with E-state index in [1.165, 1.54) is 21.9 Å². The number of fused-ring (bicyclic) bond motifs is 1. The molecule has 0 radical (unpaired) electrons. The van der Waals surface area contributed by atoms with Crippen LogP contribution in [0, 0.1) is 17.1 Å². The summed E-state index contributed by atoms with van der Waals surface area (Å²) in [6.07, 6.45) is 0. The second-order valence-corrected chi connectivity index (χ2v) is 6.71. The third kappa shape index (κ3) is 2.20. The van der Waals surface area contributed by atoms with Crippen LogP contribution >= 0.6 is 11.3 Å². The van der Waals surface area contributed by atoms with Crippen molar-refractivity contribution in [2.75, 3.05) is 0 Å². The molecule has 0 saturated heterocycles. The normalized spacial score (nSPS) is 11.8. The molecule has 0 aliphatic carbocycles. The summed E-state index contributed by atoms with van der Waals surface area (Å²) in [6, 6.07) is 8.61. The van der Waals surface area contributed by atoms with Gasteiger partial charge in [0, 0.05) is 11.0 Å². The highest BCUT2D eigenvalue weighted by Gasteiger charge is 2.26. The summed E-state index contributed by atoms with van der Waals surface area (Å²) in [4.78, 5) is 5.11. The first-order chi connectivity index (χ1) is 9.91. The number of hydrogen-bond acceptors (Lipinski definition) is 4. The zero-order valence-electron chi connectivity index (χ0n) is 11.9. The van der Waals surface area contributed by atoms with Crippen LogP contribution in [0.4, 0.5) is 4.39 Å². The number of benzene rings is 1. The van der Waals surface area contributed by atoms with E-state index in [0.717, 1.165) is 0 Å². The number of aromatic nitrogens is 3. The van der Waals surface area contributed by atoms with Gasteiger partial charge in [-0.1, -0.05) is 44.2 Å². The molecule has 3 rings (SSSR count). The van der Waals surface area contributed by atoms with Crippen LogP contribution in [-0.2, 0) is 5.41 Å².